The minimum absolute atomic E-state index is 0.0205. The van der Waals surface area contributed by atoms with Crippen molar-refractivity contribution in [2.45, 2.75) is 225 Å². The third kappa shape index (κ3) is 43.2. The van der Waals surface area contributed by atoms with E-state index in [4.69, 9.17) is 4.74 Å². The lowest BCUT2D eigenvalue weighted by molar-refractivity contribution is -0.150. The molecule has 0 aromatic carbocycles. The van der Waals surface area contributed by atoms with Gasteiger partial charge in [-0.2, -0.15) is 0 Å². The van der Waals surface area contributed by atoms with Crippen LogP contribution in [0.3, 0.4) is 0 Å². The Kier molecular flexibility index (Phi) is 45.8. The molecule has 0 aliphatic rings. The molecule has 0 rings (SSSR count). The molecule has 3 N–H and O–H groups in total. The fraction of sp³-hybridized carbons (Fsp3) is 0.643. The van der Waals surface area contributed by atoms with Crippen molar-refractivity contribution >= 4 is 11.9 Å². The number of ether oxygens (including phenoxy) is 1. The second-order valence-corrected chi connectivity index (χ2v) is 16.5. The highest BCUT2D eigenvalue weighted by Gasteiger charge is 2.23. The Morgan fingerprint density at radius 1 is 0.500 bits per heavy atom. The van der Waals surface area contributed by atoms with E-state index in [1.807, 2.05) is 12.2 Å². The Hall–Kier alpha value is -3.48. The molecule has 0 aromatic rings. The maximum Gasteiger partial charge on any atom is 0.306 e. The summed E-state index contributed by atoms with van der Waals surface area (Å²) < 4.78 is 5.84. The van der Waals surface area contributed by atoms with E-state index in [0.29, 0.717) is 19.3 Å². The second kappa shape index (κ2) is 48.6. The Morgan fingerprint density at radius 3 is 1.39 bits per heavy atom. The summed E-state index contributed by atoms with van der Waals surface area (Å²) in [6.07, 6.45) is 65.9. The number of nitrogens with one attached hydrogen (secondary N) is 1. The van der Waals surface area contributed by atoms with Gasteiger partial charge in [-0.3, -0.25) is 9.59 Å². The van der Waals surface area contributed by atoms with Crippen LogP contribution < -0.4 is 5.32 Å². The number of aliphatic hydroxyl groups is 2. The molecule has 3 unspecified atom stereocenters. The van der Waals surface area contributed by atoms with Crippen LogP contribution in [-0.2, 0) is 14.3 Å². The normalized spacial score (nSPS) is 14.2. The lowest BCUT2D eigenvalue weighted by Gasteiger charge is -2.24. The van der Waals surface area contributed by atoms with Gasteiger partial charge in [0.05, 0.1) is 25.2 Å². The summed E-state index contributed by atoms with van der Waals surface area (Å²) in [6, 6.07) is -0.744. The number of amides is 1. The summed E-state index contributed by atoms with van der Waals surface area (Å²) in [5, 5.41) is 23.6. The van der Waals surface area contributed by atoms with Crippen LogP contribution in [0.2, 0.25) is 0 Å². The van der Waals surface area contributed by atoms with Gasteiger partial charge in [-0.05, 0) is 89.9 Å². The van der Waals surface area contributed by atoms with Crippen molar-refractivity contribution in [3.8, 4) is 0 Å². The fourth-order valence-electron chi connectivity index (χ4n) is 6.79. The van der Waals surface area contributed by atoms with Gasteiger partial charge >= 0.3 is 5.97 Å². The van der Waals surface area contributed by atoms with Crippen molar-refractivity contribution in [2.75, 3.05) is 6.61 Å². The highest BCUT2D eigenvalue weighted by molar-refractivity contribution is 5.77. The number of hydrogen-bond donors (Lipinski definition) is 3. The molecule has 0 radical (unpaired) electrons. The first-order chi connectivity index (χ1) is 30.5. The Bertz CT molecular complexity index is 1280. The van der Waals surface area contributed by atoms with E-state index in [9.17, 15) is 19.8 Å². The molecule has 0 saturated carbocycles. The highest BCUT2D eigenvalue weighted by atomic mass is 16.5. The van der Waals surface area contributed by atoms with E-state index in [2.05, 4.69) is 123 Å². The second-order valence-electron chi connectivity index (χ2n) is 16.5. The quantitative estimate of drug-likeness (QED) is 0.0322. The van der Waals surface area contributed by atoms with E-state index in [-0.39, 0.29) is 24.9 Å². The summed E-state index contributed by atoms with van der Waals surface area (Å²) in [5.41, 5.74) is 0. The average Bonchev–Trinajstić information content (AvgIpc) is 3.26. The van der Waals surface area contributed by atoms with Crippen LogP contribution >= 0.6 is 0 Å². The van der Waals surface area contributed by atoms with Crippen molar-refractivity contribution in [1.82, 2.24) is 5.32 Å². The van der Waals surface area contributed by atoms with Gasteiger partial charge in [-0.25, -0.2) is 0 Å². The molecule has 0 aliphatic heterocycles. The maximum absolute atomic E-state index is 13.1. The average molecular weight is 860 g/mol. The highest BCUT2D eigenvalue weighted by Crippen LogP contribution is 2.15. The Labute approximate surface area is 381 Å². The number of carbonyl (C=O) groups is 2. The number of aliphatic hydroxyl groups excluding tert-OH is 2. The number of unbranched alkanes of at least 4 members (excludes halogenated alkanes) is 14. The smallest absolute Gasteiger partial charge is 0.306 e. The summed E-state index contributed by atoms with van der Waals surface area (Å²) in [7, 11) is 0. The number of rotatable bonds is 43. The standard InChI is InChI=1S/C56H93NO5/c1-4-7-10-13-16-19-21-23-25-26-27-28-30-32-34-37-40-43-46-49-56(61)62-52(47-44-41-38-36-33-31-29-24-22-20-17-14-11-8-5-2)50-55(60)57-53(51-58)54(59)48-45-42-39-35-18-15-12-9-6-3/h8,11,16-17,19-20,23-25,27-29,32-34,36,41,44,52-54,58-59H,4-7,9-10,12-15,18,21-22,26,30-31,35,37-40,42-43,45-51H2,1-3H3,(H,57,60)/b11-8-,19-16-,20-17-,25-23-,28-27-,29-24-,34-32-,36-33-,44-41-. The SMILES string of the molecule is CC/C=C\C/C=C\C/C=C\C/C=C\C/C=C\CC(CC(=O)NC(CO)C(O)CCCCCCCCCCC)OC(=O)CCCCC/C=C\C/C=C\C/C=C\C/C=C\CCCCC. The minimum Gasteiger partial charge on any atom is -0.461 e. The van der Waals surface area contributed by atoms with E-state index < -0.39 is 18.2 Å². The minimum atomic E-state index is -0.823. The first-order valence-corrected chi connectivity index (χ1v) is 25.1. The predicted octanol–water partition coefficient (Wildman–Crippen LogP) is 15.1. The van der Waals surface area contributed by atoms with Crippen molar-refractivity contribution in [3.63, 3.8) is 0 Å². The monoisotopic (exact) mass is 860 g/mol. The molecular weight excluding hydrogens is 767 g/mol. The third-order valence-electron chi connectivity index (χ3n) is 10.6. The molecule has 1 amide bonds. The first kappa shape index (κ1) is 58.5. The van der Waals surface area contributed by atoms with Gasteiger partial charge in [0.1, 0.15) is 6.10 Å². The van der Waals surface area contributed by atoms with Crippen molar-refractivity contribution < 1.29 is 24.5 Å². The molecule has 0 aromatic heterocycles. The molecule has 6 nitrogen and oxygen atoms in total. The van der Waals surface area contributed by atoms with Crippen LogP contribution in [-0.4, -0.2) is 46.9 Å². The molecule has 0 bridgehead atoms. The Balaban J connectivity index is 4.79. The molecule has 3 atom stereocenters. The lowest BCUT2D eigenvalue weighted by Crippen LogP contribution is -2.46. The van der Waals surface area contributed by atoms with E-state index in [0.717, 1.165) is 96.3 Å². The van der Waals surface area contributed by atoms with Crippen LogP contribution in [0, 0.1) is 0 Å². The molecular formula is C56H93NO5. The molecule has 0 spiro atoms. The van der Waals surface area contributed by atoms with Crippen molar-refractivity contribution in [2.24, 2.45) is 0 Å². The molecule has 0 fully saturated rings. The number of hydrogen-bond acceptors (Lipinski definition) is 5. The van der Waals surface area contributed by atoms with Gasteiger partial charge in [0.15, 0.2) is 0 Å². The van der Waals surface area contributed by atoms with E-state index in [1.165, 1.54) is 64.2 Å². The fourth-order valence-corrected chi connectivity index (χ4v) is 6.79. The largest absolute Gasteiger partial charge is 0.461 e. The van der Waals surface area contributed by atoms with E-state index >= 15 is 0 Å². The summed E-state index contributed by atoms with van der Waals surface area (Å²) in [5.74, 6) is -0.628. The number of allylic oxidation sites excluding steroid dienone is 17. The Morgan fingerprint density at radius 2 is 0.903 bits per heavy atom. The summed E-state index contributed by atoms with van der Waals surface area (Å²) in [4.78, 5) is 26.1. The third-order valence-corrected chi connectivity index (χ3v) is 10.6. The number of carbonyl (C=O) groups excluding carboxylic acids is 2. The number of esters is 1. The first-order valence-electron chi connectivity index (χ1n) is 25.1. The summed E-state index contributed by atoms with van der Waals surface area (Å²) >= 11 is 0. The van der Waals surface area contributed by atoms with Gasteiger partial charge in [-0.15, -0.1) is 0 Å². The summed E-state index contributed by atoms with van der Waals surface area (Å²) in [6.45, 7) is 6.27. The van der Waals surface area contributed by atoms with Crippen LogP contribution in [0.1, 0.15) is 207 Å². The van der Waals surface area contributed by atoms with Crippen LogP contribution in [0.15, 0.2) is 109 Å². The molecule has 0 heterocycles. The molecule has 6 heteroatoms. The zero-order chi connectivity index (χ0) is 45.2. The van der Waals surface area contributed by atoms with Gasteiger partial charge in [0, 0.05) is 12.8 Å². The predicted molar refractivity (Wildman–Crippen MR) is 268 cm³/mol. The van der Waals surface area contributed by atoms with Crippen LogP contribution in [0.4, 0.5) is 0 Å². The van der Waals surface area contributed by atoms with Gasteiger partial charge in [0.2, 0.25) is 5.91 Å². The zero-order valence-electron chi connectivity index (χ0n) is 40.0. The van der Waals surface area contributed by atoms with Crippen molar-refractivity contribution in [3.05, 3.63) is 109 Å². The maximum atomic E-state index is 13.1. The van der Waals surface area contributed by atoms with Crippen LogP contribution in [0.25, 0.3) is 0 Å². The molecule has 0 saturated heterocycles. The molecule has 62 heavy (non-hydrogen) atoms. The molecule has 352 valence electrons. The van der Waals surface area contributed by atoms with Crippen LogP contribution in [0.5, 0.6) is 0 Å². The van der Waals surface area contributed by atoms with Crippen molar-refractivity contribution in [1.29, 1.82) is 0 Å². The molecule has 0 aliphatic carbocycles. The zero-order valence-corrected chi connectivity index (χ0v) is 40.0. The van der Waals surface area contributed by atoms with Gasteiger partial charge in [0.25, 0.3) is 0 Å². The van der Waals surface area contributed by atoms with Gasteiger partial charge < -0.3 is 20.3 Å². The van der Waals surface area contributed by atoms with E-state index in [1.54, 1.807) is 0 Å². The van der Waals surface area contributed by atoms with Gasteiger partial charge in [-0.1, -0.05) is 207 Å². The lowest BCUT2D eigenvalue weighted by atomic mass is 10.0. The topological polar surface area (TPSA) is 95.9 Å².